The van der Waals surface area contributed by atoms with Crippen molar-refractivity contribution in [3.8, 4) is 0 Å². The molecule has 0 saturated carbocycles. The van der Waals surface area contributed by atoms with E-state index >= 15 is 0 Å². The molecule has 0 atom stereocenters. The Morgan fingerprint density at radius 3 is 2.42 bits per heavy atom. The van der Waals surface area contributed by atoms with Crippen molar-refractivity contribution in [3.05, 3.63) is 41.6 Å². The van der Waals surface area contributed by atoms with Crippen LogP contribution in [0.25, 0.3) is 0 Å². The SMILES string of the molecule is CN1C(=O)/C(=C\NCCN2CCN(CCO)CC2)C(=O)c2ccccc21. The first-order valence-electron chi connectivity index (χ1n) is 9.02. The van der Waals surface area contributed by atoms with Crippen LogP contribution in [0.4, 0.5) is 5.69 Å². The Hall–Kier alpha value is -2.22. The molecule has 2 aliphatic heterocycles. The molecule has 0 radical (unpaired) electrons. The third-order valence-electron chi connectivity index (χ3n) is 4.99. The van der Waals surface area contributed by atoms with Gasteiger partial charge < -0.3 is 15.3 Å². The van der Waals surface area contributed by atoms with Gasteiger partial charge in [0.1, 0.15) is 5.57 Å². The number of hydrogen-bond acceptors (Lipinski definition) is 6. The first-order chi connectivity index (χ1) is 12.6. The number of β-amino-alcohol motifs (C(OH)–C–C–N with tert-alkyl or cyclic N) is 1. The highest BCUT2D eigenvalue weighted by Crippen LogP contribution is 2.28. The summed E-state index contributed by atoms with van der Waals surface area (Å²) in [5.41, 5.74) is 1.39. The standard InChI is InChI=1S/C19H26N4O3/c1-21-17-5-3-2-4-15(17)18(25)16(19(21)26)14-20-6-7-22-8-10-23(11-9-22)12-13-24/h2-5,14,20,24H,6-13H2,1H3/b16-14-. The summed E-state index contributed by atoms with van der Waals surface area (Å²) >= 11 is 0. The summed E-state index contributed by atoms with van der Waals surface area (Å²) in [4.78, 5) is 31.1. The summed E-state index contributed by atoms with van der Waals surface area (Å²) in [7, 11) is 1.69. The molecule has 7 heteroatoms. The lowest BCUT2D eigenvalue weighted by Crippen LogP contribution is -2.48. The van der Waals surface area contributed by atoms with Gasteiger partial charge in [-0.1, -0.05) is 12.1 Å². The Morgan fingerprint density at radius 1 is 1.08 bits per heavy atom. The number of aliphatic hydroxyl groups excluding tert-OH is 1. The number of Topliss-reactive ketones (excluding diaryl/α,β-unsaturated/α-hetero) is 1. The van der Waals surface area contributed by atoms with Gasteiger partial charge in [0.2, 0.25) is 5.78 Å². The van der Waals surface area contributed by atoms with Crippen molar-refractivity contribution in [2.75, 3.05) is 64.4 Å². The Morgan fingerprint density at radius 2 is 1.73 bits per heavy atom. The minimum absolute atomic E-state index is 0.180. The van der Waals surface area contributed by atoms with E-state index in [1.165, 1.54) is 4.90 Å². The van der Waals surface area contributed by atoms with Crippen LogP contribution in [-0.2, 0) is 4.79 Å². The molecule has 1 fully saturated rings. The van der Waals surface area contributed by atoms with E-state index in [1.807, 2.05) is 12.1 Å². The zero-order chi connectivity index (χ0) is 18.5. The number of carbonyl (C=O) groups is 2. The summed E-state index contributed by atoms with van der Waals surface area (Å²) < 4.78 is 0. The minimum Gasteiger partial charge on any atom is -0.395 e. The molecule has 7 nitrogen and oxygen atoms in total. The molecule has 26 heavy (non-hydrogen) atoms. The van der Waals surface area contributed by atoms with Crippen molar-refractivity contribution in [1.82, 2.24) is 15.1 Å². The lowest BCUT2D eigenvalue weighted by atomic mass is 9.96. The lowest BCUT2D eigenvalue weighted by molar-refractivity contribution is -0.114. The second-order valence-electron chi connectivity index (χ2n) is 6.63. The maximum atomic E-state index is 12.6. The number of piperazine rings is 1. The van der Waals surface area contributed by atoms with E-state index in [9.17, 15) is 9.59 Å². The van der Waals surface area contributed by atoms with Crippen LogP contribution in [-0.4, -0.2) is 86.1 Å². The van der Waals surface area contributed by atoms with E-state index in [-0.39, 0.29) is 23.9 Å². The number of ketones is 1. The summed E-state index contributed by atoms with van der Waals surface area (Å²) in [5, 5.41) is 12.1. The van der Waals surface area contributed by atoms with Crippen molar-refractivity contribution < 1.29 is 14.7 Å². The van der Waals surface area contributed by atoms with Crippen molar-refractivity contribution >= 4 is 17.4 Å². The summed E-state index contributed by atoms with van der Waals surface area (Å²) in [6.45, 7) is 6.31. The number of fused-ring (bicyclic) bond motifs is 1. The molecule has 1 saturated heterocycles. The number of hydrogen-bond donors (Lipinski definition) is 2. The van der Waals surface area contributed by atoms with Gasteiger partial charge in [0.25, 0.3) is 5.91 Å². The topological polar surface area (TPSA) is 76.1 Å². The molecule has 1 amide bonds. The molecule has 1 aromatic carbocycles. The van der Waals surface area contributed by atoms with Gasteiger partial charge in [-0.2, -0.15) is 0 Å². The third-order valence-corrected chi connectivity index (χ3v) is 4.99. The van der Waals surface area contributed by atoms with E-state index in [1.54, 1.807) is 25.4 Å². The van der Waals surface area contributed by atoms with Gasteiger partial charge in [0, 0.05) is 64.6 Å². The molecule has 1 aromatic rings. The summed E-state index contributed by atoms with van der Waals surface area (Å²) in [6.07, 6.45) is 1.55. The van der Waals surface area contributed by atoms with Gasteiger partial charge in [-0.3, -0.25) is 19.4 Å². The number of carbonyl (C=O) groups excluding carboxylic acids is 2. The van der Waals surface area contributed by atoms with Crippen LogP contribution in [0, 0.1) is 0 Å². The van der Waals surface area contributed by atoms with Crippen molar-refractivity contribution in [2.24, 2.45) is 0 Å². The summed E-state index contributed by atoms with van der Waals surface area (Å²) in [5.74, 6) is -0.507. The number of aliphatic hydroxyl groups is 1. The number of para-hydroxylation sites is 1. The quantitative estimate of drug-likeness (QED) is 0.421. The van der Waals surface area contributed by atoms with Crippen LogP contribution in [0.15, 0.2) is 36.0 Å². The third kappa shape index (κ3) is 3.95. The van der Waals surface area contributed by atoms with Gasteiger partial charge in [-0.05, 0) is 12.1 Å². The highest BCUT2D eigenvalue weighted by molar-refractivity contribution is 6.34. The number of benzene rings is 1. The molecule has 0 unspecified atom stereocenters. The lowest BCUT2D eigenvalue weighted by Gasteiger charge is -2.34. The van der Waals surface area contributed by atoms with Gasteiger partial charge in [-0.25, -0.2) is 0 Å². The normalized spacial score (nSPS) is 20.5. The van der Waals surface area contributed by atoms with Crippen molar-refractivity contribution in [3.63, 3.8) is 0 Å². The second kappa shape index (κ2) is 8.44. The predicted molar refractivity (Wildman–Crippen MR) is 100 cm³/mol. The molecular formula is C19H26N4O3. The molecule has 140 valence electrons. The molecule has 3 rings (SSSR count). The fourth-order valence-corrected chi connectivity index (χ4v) is 3.39. The van der Waals surface area contributed by atoms with E-state index in [0.29, 0.717) is 17.8 Å². The number of nitrogens with one attached hydrogen (secondary N) is 1. The molecule has 2 aliphatic rings. The van der Waals surface area contributed by atoms with Crippen molar-refractivity contribution in [1.29, 1.82) is 0 Å². The zero-order valence-corrected chi connectivity index (χ0v) is 15.1. The van der Waals surface area contributed by atoms with E-state index in [2.05, 4.69) is 15.1 Å². The van der Waals surface area contributed by atoms with Crippen LogP contribution in [0.1, 0.15) is 10.4 Å². The molecule has 0 spiro atoms. The second-order valence-corrected chi connectivity index (χ2v) is 6.63. The van der Waals surface area contributed by atoms with E-state index in [0.717, 1.165) is 39.3 Å². The maximum absolute atomic E-state index is 12.6. The fraction of sp³-hybridized carbons (Fsp3) is 0.474. The minimum atomic E-state index is -0.279. The Kier molecular flexibility index (Phi) is 6.03. The van der Waals surface area contributed by atoms with Crippen LogP contribution in [0.3, 0.4) is 0 Å². The molecule has 2 heterocycles. The van der Waals surface area contributed by atoms with Crippen LogP contribution in [0.5, 0.6) is 0 Å². The molecule has 0 bridgehead atoms. The van der Waals surface area contributed by atoms with E-state index < -0.39 is 0 Å². The molecule has 2 N–H and O–H groups in total. The van der Waals surface area contributed by atoms with Crippen LogP contribution in [0.2, 0.25) is 0 Å². The number of likely N-dealkylation sites (N-methyl/N-ethyl adjacent to an activating group) is 1. The molecule has 0 aromatic heterocycles. The highest BCUT2D eigenvalue weighted by atomic mass is 16.3. The smallest absolute Gasteiger partial charge is 0.263 e. The first-order valence-corrected chi connectivity index (χ1v) is 9.02. The number of nitrogens with zero attached hydrogens (tertiary/aromatic N) is 3. The van der Waals surface area contributed by atoms with Crippen LogP contribution >= 0.6 is 0 Å². The first kappa shape index (κ1) is 18.6. The van der Waals surface area contributed by atoms with Gasteiger partial charge in [0.05, 0.1) is 12.3 Å². The maximum Gasteiger partial charge on any atom is 0.263 e. The highest BCUT2D eigenvalue weighted by Gasteiger charge is 2.32. The van der Waals surface area contributed by atoms with Gasteiger partial charge in [-0.15, -0.1) is 0 Å². The monoisotopic (exact) mass is 358 g/mol. The fourth-order valence-electron chi connectivity index (χ4n) is 3.39. The number of amides is 1. The van der Waals surface area contributed by atoms with Crippen LogP contribution < -0.4 is 10.2 Å². The van der Waals surface area contributed by atoms with E-state index in [4.69, 9.17) is 5.11 Å². The average Bonchev–Trinajstić information content (AvgIpc) is 2.67. The van der Waals surface area contributed by atoms with Gasteiger partial charge >= 0.3 is 0 Å². The molecular weight excluding hydrogens is 332 g/mol. The Bertz CT molecular complexity index is 696. The summed E-state index contributed by atoms with van der Waals surface area (Å²) in [6, 6.07) is 7.16. The average molecular weight is 358 g/mol. The molecule has 0 aliphatic carbocycles. The van der Waals surface area contributed by atoms with Gasteiger partial charge in [0.15, 0.2) is 0 Å². The number of rotatable bonds is 6. The number of anilines is 1. The Balaban J connectivity index is 1.53. The Labute approximate surface area is 153 Å². The zero-order valence-electron chi connectivity index (χ0n) is 15.1. The predicted octanol–water partition coefficient (Wildman–Crippen LogP) is -0.0709. The largest absolute Gasteiger partial charge is 0.395 e. The van der Waals surface area contributed by atoms with Crippen molar-refractivity contribution in [2.45, 2.75) is 0 Å².